The van der Waals surface area contributed by atoms with Gasteiger partial charge in [0.05, 0.1) is 6.42 Å². The average molecular weight is 325 g/mol. The van der Waals surface area contributed by atoms with Crippen LogP contribution >= 0.6 is 0 Å². The normalized spacial score (nSPS) is 9.92. The standard InChI is InChI=1S/C18H19N3O3/c1-12(22)20-15-9-5-14(6-10-15)18(24)21-16-7-3-13(4-8-16)11-17(23)19-2/h3-10H,11H2,1-2H3,(H,19,23)(H,20,22)(H,21,24). The minimum absolute atomic E-state index is 0.0638. The molecular weight excluding hydrogens is 306 g/mol. The molecule has 3 amide bonds. The van der Waals surface area contributed by atoms with Crippen LogP contribution in [0, 0.1) is 0 Å². The van der Waals surface area contributed by atoms with E-state index >= 15 is 0 Å². The summed E-state index contributed by atoms with van der Waals surface area (Å²) in [5.74, 6) is -0.474. The Morgan fingerprint density at radius 1 is 0.833 bits per heavy atom. The maximum absolute atomic E-state index is 12.2. The summed E-state index contributed by atoms with van der Waals surface area (Å²) in [6.07, 6.45) is 0.301. The lowest BCUT2D eigenvalue weighted by Gasteiger charge is -2.08. The molecule has 0 saturated carbocycles. The molecule has 2 rings (SSSR count). The van der Waals surface area contributed by atoms with E-state index in [-0.39, 0.29) is 17.7 Å². The molecule has 0 aliphatic rings. The van der Waals surface area contributed by atoms with Gasteiger partial charge in [-0.1, -0.05) is 12.1 Å². The van der Waals surface area contributed by atoms with Crippen LogP contribution in [0.4, 0.5) is 11.4 Å². The first-order valence-corrected chi connectivity index (χ1v) is 7.46. The molecule has 6 heteroatoms. The molecule has 24 heavy (non-hydrogen) atoms. The number of benzene rings is 2. The summed E-state index contributed by atoms with van der Waals surface area (Å²) in [7, 11) is 1.59. The van der Waals surface area contributed by atoms with Gasteiger partial charge in [-0.2, -0.15) is 0 Å². The van der Waals surface area contributed by atoms with Crippen molar-refractivity contribution in [2.24, 2.45) is 0 Å². The number of carbonyl (C=O) groups excluding carboxylic acids is 3. The van der Waals surface area contributed by atoms with Crippen molar-refractivity contribution in [3.05, 3.63) is 59.7 Å². The van der Waals surface area contributed by atoms with Gasteiger partial charge in [0, 0.05) is 30.9 Å². The molecule has 0 unspecified atom stereocenters. The second-order valence-electron chi connectivity index (χ2n) is 5.26. The number of anilines is 2. The van der Waals surface area contributed by atoms with Crippen molar-refractivity contribution in [3.63, 3.8) is 0 Å². The first kappa shape index (κ1) is 17.2. The summed E-state index contributed by atoms with van der Waals surface area (Å²) in [4.78, 5) is 34.5. The van der Waals surface area contributed by atoms with E-state index in [1.165, 1.54) is 6.92 Å². The summed E-state index contributed by atoms with van der Waals surface area (Å²) in [5, 5.41) is 7.99. The molecule has 0 spiro atoms. The smallest absolute Gasteiger partial charge is 0.255 e. The Kier molecular flexibility index (Phi) is 5.68. The quantitative estimate of drug-likeness (QED) is 0.787. The molecule has 0 aliphatic carbocycles. The third-order valence-electron chi connectivity index (χ3n) is 3.32. The van der Waals surface area contributed by atoms with E-state index in [0.29, 0.717) is 23.4 Å². The summed E-state index contributed by atoms with van der Waals surface area (Å²) in [5.41, 5.74) is 2.63. The first-order chi connectivity index (χ1) is 11.5. The van der Waals surface area contributed by atoms with Gasteiger partial charge in [-0.25, -0.2) is 0 Å². The van der Waals surface area contributed by atoms with Crippen LogP contribution in [0.2, 0.25) is 0 Å². The Hall–Kier alpha value is -3.15. The Bertz CT molecular complexity index is 737. The van der Waals surface area contributed by atoms with Crippen molar-refractivity contribution >= 4 is 29.1 Å². The van der Waals surface area contributed by atoms with Crippen LogP contribution in [0.3, 0.4) is 0 Å². The largest absolute Gasteiger partial charge is 0.359 e. The van der Waals surface area contributed by atoms with Gasteiger partial charge in [0.2, 0.25) is 11.8 Å². The van der Waals surface area contributed by atoms with Gasteiger partial charge in [0.15, 0.2) is 0 Å². The maximum Gasteiger partial charge on any atom is 0.255 e. The second-order valence-corrected chi connectivity index (χ2v) is 5.26. The molecule has 0 saturated heterocycles. The van der Waals surface area contributed by atoms with Crippen LogP contribution in [0.5, 0.6) is 0 Å². The van der Waals surface area contributed by atoms with Crippen LogP contribution in [-0.4, -0.2) is 24.8 Å². The molecule has 2 aromatic rings. The van der Waals surface area contributed by atoms with Crippen LogP contribution < -0.4 is 16.0 Å². The fourth-order valence-electron chi connectivity index (χ4n) is 2.09. The zero-order chi connectivity index (χ0) is 17.5. The maximum atomic E-state index is 12.2. The monoisotopic (exact) mass is 325 g/mol. The lowest BCUT2D eigenvalue weighted by Crippen LogP contribution is -2.19. The second kappa shape index (κ2) is 7.92. The zero-order valence-electron chi connectivity index (χ0n) is 13.6. The minimum Gasteiger partial charge on any atom is -0.359 e. The fourth-order valence-corrected chi connectivity index (χ4v) is 2.09. The van der Waals surface area contributed by atoms with Crippen molar-refractivity contribution in [2.75, 3.05) is 17.7 Å². The molecule has 0 aliphatic heterocycles. The molecular formula is C18H19N3O3. The van der Waals surface area contributed by atoms with Gasteiger partial charge >= 0.3 is 0 Å². The van der Waals surface area contributed by atoms with E-state index < -0.39 is 0 Å². The molecule has 2 aromatic carbocycles. The minimum atomic E-state index is -0.247. The molecule has 0 aromatic heterocycles. The lowest BCUT2D eigenvalue weighted by atomic mass is 10.1. The molecule has 3 N–H and O–H groups in total. The predicted molar refractivity (Wildman–Crippen MR) is 92.9 cm³/mol. The van der Waals surface area contributed by atoms with E-state index in [9.17, 15) is 14.4 Å². The van der Waals surface area contributed by atoms with Crippen LogP contribution in [0.1, 0.15) is 22.8 Å². The summed E-state index contributed by atoms with van der Waals surface area (Å²) in [6.45, 7) is 1.43. The van der Waals surface area contributed by atoms with Gasteiger partial charge in [0.25, 0.3) is 5.91 Å². The molecule has 6 nitrogen and oxygen atoms in total. The molecule has 0 fully saturated rings. The van der Waals surface area contributed by atoms with Crippen LogP contribution in [-0.2, 0) is 16.0 Å². The Balaban J connectivity index is 1.98. The van der Waals surface area contributed by atoms with Gasteiger partial charge in [-0.3, -0.25) is 14.4 Å². The predicted octanol–water partition coefficient (Wildman–Crippen LogP) is 2.19. The third kappa shape index (κ3) is 4.95. The highest BCUT2D eigenvalue weighted by Gasteiger charge is 2.07. The number of nitrogens with one attached hydrogen (secondary N) is 3. The molecule has 124 valence electrons. The zero-order valence-corrected chi connectivity index (χ0v) is 13.6. The molecule has 0 atom stereocenters. The Morgan fingerprint density at radius 2 is 1.38 bits per heavy atom. The Morgan fingerprint density at radius 3 is 1.92 bits per heavy atom. The van der Waals surface area contributed by atoms with E-state index in [4.69, 9.17) is 0 Å². The van der Waals surface area contributed by atoms with E-state index in [1.807, 2.05) is 0 Å². The van der Waals surface area contributed by atoms with Gasteiger partial charge in [-0.05, 0) is 42.0 Å². The number of hydrogen-bond donors (Lipinski definition) is 3. The van der Waals surface area contributed by atoms with E-state index in [2.05, 4.69) is 16.0 Å². The lowest BCUT2D eigenvalue weighted by molar-refractivity contribution is -0.120. The van der Waals surface area contributed by atoms with Crippen molar-refractivity contribution in [2.45, 2.75) is 13.3 Å². The molecule has 0 radical (unpaired) electrons. The number of rotatable bonds is 5. The van der Waals surface area contributed by atoms with E-state index in [1.54, 1.807) is 55.6 Å². The van der Waals surface area contributed by atoms with Crippen LogP contribution in [0.15, 0.2) is 48.5 Å². The fraction of sp³-hybridized carbons (Fsp3) is 0.167. The highest BCUT2D eigenvalue weighted by Crippen LogP contribution is 2.14. The van der Waals surface area contributed by atoms with Crippen molar-refractivity contribution in [1.29, 1.82) is 0 Å². The number of hydrogen-bond acceptors (Lipinski definition) is 3. The third-order valence-corrected chi connectivity index (χ3v) is 3.32. The van der Waals surface area contributed by atoms with Crippen molar-refractivity contribution < 1.29 is 14.4 Å². The van der Waals surface area contributed by atoms with Gasteiger partial charge < -0.3 is 16.0 Å². The van der Waals surface area contributed by atoms with Crippen molar-refractivity contribution in [1.82, 2.24) is 5.32 Å². The highest BCUT2D eigenvalue weighted by molar-refractivity contribution is 6.04. The summed E-state index contributed by atoms with van der Waals surface area (Å²) < 4.78 is 0. The SMILES string of the molecule is CNC(=O)Cc1ccc(NC(=O)c2ccc(NC(C)=O)cc2)cc1. The topological polar surface area (TPSA) is 87.3 Å². The number of carbonyl (C=O) groups is 3. The summed E-state index contributed by atoms with van der Waals surface area (Å²) in [6, 6.07) is 13.7. The molecule has 0 heterocycles. The van der Waals surface area contributed by atoms with Crippen molar-refractivity contribution in [3.8, 4) is 0 Å². The number of likely N-dealkylation sites (N-methyl/N-ethyl adjacent to an activating group) is 1. The van der Waals surface area contributed by atoms with Crippen LogP contribution in [0.25, 0.3) is 0 Å². The Labute approximate surface area is 140 Å². The highest BCUT2D eigenvalue weighted by atomic mass is 16.2. The number of amides is 3. The first-order valence-electron chi connectivity index (χ1n) is 7.46. The van der Waals surface area contributed by atoms with Gasteiger partial charge in [0.1, 0.15) is 0 Å². The van der Waals surface area contributed by atoms with E-state index in [0.717, 1.165) is 5.56 Å². The average Bonchev–Trinajstić information content (AvgIpc) is 2.56. The molecule has 0 bridgehead atoms. The summed E-state index contributed by atoms with van der Waals surface area (Å²) >= 11 is 0. The van der Waals surface area contributed by atoms with Gasteiger partial charge in [-0.15, -0.1) is 0 Å².